The molecule has 2 heterocycles. The minimum Gasteiger partial charge on any atom is -0.298 e. The van der Waals surface area contributed by atoms with E-state index in [1.54, 1.807) is 0 Å². The van der Waals surface area contributed by atoms with Crippen molar-refractivity contribution in [2.75, 3.05) is 13.1 Å². The summed E-state index contributed by atoms with van der Waals surface area (Å²) in [5.41, 5.74) is 4.55. The molecular weight excluding hydrogens is 358 g/mol. The quantitative estimate of drug-likeness (QED) is 0.554. The molecule has 3 aromatic rings. The lowest BCUT2D eigenvalue weighted by Crippen LogP contribution is -2.38. The van der Waals surface area contributed by atoms with Crippen molar-refractivity contribution in [2.45, 2.75) is 53.1 Å². The highest BCUT2D eigenvalue weighted by Gasteiger charge is 2.28. The van der Waals surface area contributed by atoms with E-state index in [4.69, 9.17) is 5.10 Å². The van der Waals surface area contributed by atoms with E-state index >= 15 is 0 Å². The third-order valence-electron chi connectivity index (χ3n) is 6.28. The van der Waals surface area contributed by atoms with Gasteiger partial charge >= 0.3 is 0 Å². The standard InChI is InChI=1S/C25H31N3O/c1-17(2)28-19(4)24(18(3)26-28)16-27-14-8-11-21(15-27)25(29)23-13-7-10-20-9-5-6-12-22(20)23/h5-7,9-10,12-13,17,21H,8,11,14-16H2,1-4H3/t21-/m1/s1. The predicted octanol–water partition coefficient (Wildman–Crippen LogP) is 5.33. The van der Waals surface area contributed by atoms with Crippen molar-refractivity contribution in [3.8, 4) is 0 Å². The van der Waals surface area contributed by atoms with E-state index in [2.05, 4.69) is 55.5 Å². The Morgan fingerprint density at radius 3 is 2.66 bits per heavy atom. The number of aryl methyl sites for hydroxylation is 1. The number of rotatable bonds is 5. The Morgan fingerprint density at radius 2 is 1.90 bits per heavy atom. The van der Waals surface area contributed by atoms with Crippen LogP contribution in [-0.2, 0) is 6.54 Å². The Kier molecular flexibility index (Phi) is 5.55. The lowest BCUT2D eigenvalue weighted by molar-refractivity contribution is 0.0813. The van der Waals surface area contributed by atoms with Crippen molar-refractivity contribution in [1.29, 1.82) is 0 Å². The van der Waals surface area contributed by atoms with E-state index in [0.717, 1.165) is 54.5 Å². The van der Waals surface area contributed by atoms with Crippen LogP contribution in [0.15, 0.2) is 42.5 Å². The molecule has 0 radical (unpaired) electrons. The summed E-state index contributed by atoms with van der Waals surface area (Å²) in [5, 5.41) is 6.94. The second-order valence-corrected chi connectivity index (χ2v) is 8.65. The maximum atomic E-state index is 13.4. The normalized spacial score (nSPS) is 17.9. The summed E-state index contributed by atoms with van der Waals surface area (Å²) in [6.07, 6.45) is 2.04. The first-order valence-corrected chi connectivity index (χ1v) is 10.7. The molecule has 1 saturated heterocycles. The molecular formula is C25H31N3O. The highest BCUT2D eigenvalue weighted by molar-refractivity contribution is 6.09. The van der Waals surface area contributed by atoms with Gasteiger partial charge < -0.3 is 0 Å². The fraction of sp³-hybridized carbons (Fsp3) is 0.440. The molecule has 4 rings (SSSR count). The molecule has 0 amide bonds. The molecule has 1 fully saturated rings. The van der Waals surface area contributed by atoms with Gasteiger partial charge in [0.05, 0.1) is 5.69 Å². The number of nitrogens with zero attached hydrogens (tertiary/aromatic N) is 3. The van der Waals surface area contributed by atoms with Gasteiger partial charge in [-0.3, -0.25) is 14.4 Å². The summed E-state index contributed by atoms with van der Waals surface area (Å²) in [6.45, 7) is 11.4. The van der Waals surface area contributed by atoms with E-state index in [0.29, 0.717) is 6.04 Å². The lowest BCUT2D eigenvalue weighted by atomic mass is 9.87. The van der Waals surface area contributed by atoms with Crippen LogP contribution in [0.3, 0.4) is 0 Å². The van der Waals surface area contributed by atoms with E-state index in [1.165, 1.54) is 11.3 Å². The monoisotopic (exact) mass is 389 g/mol. The van der Waals surface area contributed by atoms with Gasteiger partial charge in [-0.2, -0.15) is 5.10 Å². The summed E-state index contributed by atoms with van der Waals surface area (Å²) >= 11 is 0. The van der Waals surface area contributed by atoms with Gasteiger partial charge in [-0.1, -0.05) is 42.5 Å². The molecule has 0 spiro atoms. The highest BCUT2D eigenvalue weighted by Crippen LogP contribution is 2.27. The van der Waals surface area contributed by atoms with Crippen LogP contribution in [0.25, 0.3) is 10.8 Å². The molecule has 2 aromatic carbocycles. The van der Waals surface area contributed by atoms with Crippen LogP contribution in [0.5, 0.6) is 0 Å². The number of likely N-dealkylation sites (tertiary alicyclic amines) is 1. The van der Waals surface area contributed by atoms with Crippen LogP contribution in [0.2, 0.25) is 0 Å². The zero-order valence-electron chi connectivity index (χ0n) is 18.0. The van der Waals surface area contributed by atoms with Gasteiger partial charge in [-0.25, -0.2) is 0 Å². The average Bonchev–Trinajstić information content (AvgIpc) is 3.01. The number of benzene rings is 2. The van der Waals surface area contributed by atoms with Crippen molar-refractivity contribution in [1.82, 2.24) is 14.7 Å². The van der Waals surface area contributed by atoms with Gasteiger partial charge in [0, 0.05) is 41.9 Å². The van der Waals surface area contributed by atoms with Crippen LogP contribution < -0.4 is 0 Å². The molecule has 1 aromatic heterocycles. The largest absolute Gasteiger partial charge is 0.298 e. The van der Waals surface area contributed by atoms with Crippen LogP contribution >= 0.6 is 0 Å². The smallest absolute Gasteiger partial charge is 0.167 e. The van der Waals surface area contributed by atoms with E-state index < -0.39 is 0 Å². The Bertz CT molecular complexity index is 1030. The summed E-state index contributed by atoms with van der Waals surface area (Å²) < 4.78 is 2.12. The molecule has 1 atom stereocenters. The van der Waals surface area contributed by atoms with Crippen molar-refractivity contribution in [3.05, 3.63) is 65.0 Å². The molecule has 4 nitrogen and oxygen atoms in total. The Morgan fingerprint density at radius 1 is 1.14 bits per heavy atom. The molecule has 152 valence electrons. The lowest BCUT2D eigenvalue weighted by Gasteiger charge is -2.32. The second kappa shape index (κ2) is 8.11. The summed E-state index contributed by atoms with van der Waals surface area (Å²) in [5.74, 6) is 0.355. The predicted molar refractivity (Wildman–Crippen MR) is 118 cm³/mol. The van der Waals surface area contributed by atoms with Crippen LogP contribution in [-0.4, -0.2) is 33.6 Å². The van der Waals surface area contributed by atoms with E-state index in [1.807, 2.05) is 24.3 Å². The molecule has 4 heteroatoms. The average molecular weight is 390 g/mol. The Labute approximate surface area is 173 Å². The molecule has 0 unspecified atom stereocenters. The number of carbonyl (C=O) groups is 1. The summed E-state index contributed by atoms with van der Waals surface area (Å²) in [4.78, 5) is 15.8. The molecule has 0 bridgehead atoms. The van der Waals surface area contributed by atoms with Gasteiger partial charge in [-0.05, 0) is 57.9 Å². The zero-order valence-corrected chi connectivity index (χ0v) is 18.0. The third kappa shape index (κ3) is 3.86. The van der Waals surface area contributed by atoms with Gasteiger partial charge in [-0.15, -0.1) is 0 Å². The minimum atomic E-state index is 0.0651. The SMILES string of the molecule is Cc1nn(C(C)C)c(C)c1CN1CCC[C@@H](C(=O)c2cccc3ccccc23)C1. The number of ketones is 1. The Hall–Kier alpha value is -2.46. The first-order chi connectivity index (χ1) is 14.0. The highest BCUT2D eigenvalue weighted by atomic mass is 16.1. The van der Waals surface area contributed by atoms with E-state index in [9.17, 15) is 4.79 Å². The van der Waals surface area contributed by atoms with Crippen molar-refractivity contribution < 1.29 is 4.79 Å². The molecule has 0 N–H and O–H groups in total. The van der Waals surface area contributed by atoms with Crippen LogP contribution in [0.4, 0.5) is 0 Å². The molecule has 1 aliphatic rings. The molecule has 0 aliphatic carbocycles. The molecule has 29 heavy (non-hydrogen) atoms. The number of hydrogen-bond acceptors (Lipinski definition) is 3. The topological polar surface area (TPSA) is 38.1 Å². The second-order valence-electron chi connectivity index (χ2n) is 8.65. The third-order valence-corrected chi connectivity index (χ3v) is 6.28. The number of piperidine rings is 1. The fourth-order valence-corrected chi connectivity index (χ4v) is 4.73. The molecule has 0 saturated carbocycles. The number of aromatic nitrogens is 2. The Balaban J connectivity index is 1.54. The van der Waals surface area contributed by atoms with E-state index in [-0.39, 0.29) is 11.7 Å². The van der Waals surface area contributed by atoms with Gasteiger partial charge in [0.15, 0.2) is 5.78 Å². The number of Topliss-reactive ketones (excluding diaryl/α,β-unsaturated/α-hetero) is 1. The van der Waals surface area contributed by atoms with Crippen molar-refractivity contribution >= 4 is 16.6 Å². The summed E-state index contributed by atoms with van der Waals surface area (Å²) in [6, 6.07) is 14.6. The van der Waals surface area contributed by atoms with Crippen LogP contribution in [0, 0.1) is 19.8 Å². The minimum absolute atomic E-state index is 0.0651. The van der Waals surface area contributed by atoms with Crippen molar-refractivity contribution in [3.63, 3.8) is 0 Å². The summed E-state index contributed by atoms with van der Waals surface area (Å²) in [7, 11) is 0. The number of hydrogen-bond donors (Lipinski definition) is 0. The zero-order chi connectivity index (χ0) is 20.5. The van der Waals surface area contributed by atoms with Crippen molar-refractivity contribution in [2.24, 2.45) is 5.92 Å². The first-order valence-electron chi connectivity index (χ1n) is 10.7. The van der Waals surface area contributed by atoms with Crippen LogP contribution in [0.1, 0.15) is 60.0 Å². The molecule has 1 aliphatic heterocycles. The maximum absolute atomic E-state index is 13.4. The first kappa shape index (κ1) is 19.8. The van der Waals surface area contributed by atoms with Gasteiger partial charge in [0.1, 0.15) is 0 Å². The van der Waals surface area contributed by atoms with Gasteiger partial charge in [0.2, 0.25) is 0 Å². The number of carbonyl (C=O) groups excluding carboxylic acids is 1. The maximum Gasteiger partial charge on any atom is 0.167 e. The number of fused-ring (bicyclic) bond motifs is 1. The van der Waals surface area contributed by atoms with Gasteiger partial charge in [0.25, 0.3) is 0 Å². The fourth-order valence-electron chi connectivity index (χ4n) is 4.73.